The van der Waals surface area contributed by atoms with Crippen molar-refractivity contribution in [1.82, 2.24) is 0 Å². The van der Waals surface area contributed by atoms with E-state index in [9.17, 15) is 4.79 Å². The third kappa shape index (κ3) is 6.25. The molecule has 0 spiro atoms. The largest absolute Gasteiger partial charge is 0.481 e. The average molecular weight is 387 g/mol. The van der Waals surface area contributed by atoms with Gasteiger partial charge in [0, 0.05) is 12.2 Å². The molecule has 4 unspecified atom stereocenters. The first-order valence-corrected chi connectivity index (χ1v) is 11.2. The predicted octanol–water partition coefficient (Wildman–Crippen LogP) is 5.43. The molecule has 1 aromatic carbocycles. The van der Waals surface area contributed by atoms with Gasteiger partial charge in [-0.1, -0.05) is 54.6 Å². The van der Waals surface area contributed by atoms with Crippen molar-refractivity contribution in [2.45, 2.75) is 50.7 Å². The monoisotopic (exact) mass is 386 g/mol. The van der Waals surface area contributed by atoms with Crippen LogP contribution in [0.25, 0.3) is 6.08 Å². The second kappa shape index (κ2) is 10.7. The second-order valence-corrected chi connectivity index (χ2v) is 8.54. The summed E-state index contributed by atoms with van der Waals surface area (Å²) in [4.78, 5) is 10.6. The number of ether oxygens (including phenoxy) is 1. The van der Waals surface area contributed by atoms with E-state index in [1.54, 1.807) is 0 Å². The van der Waals surface area contributed by atoms with E-state index < -0.39 is 5.97 Å². The molecule has 2 saturated heterocycles. The van der Waals surface area contributed by atoms with Gasteiger partial charge in [0.25, 0.3) is 0 Å². The number of allylic oxidation sites excluding steroid dienone is 2. The van der Waals surface area contributed by atoms with Crippen molar-refractivity contribution < 1.29 is 14.6 Å². The predicted molar refractivity (Wildman–Crippen MR) is 113 cm³/mol. The van der Waals surface area contributed by atoms with E-state index in [0.717, 1.165) is 30.8 Å². The highest BCUT2D eigenvalue weighted by atomic mass is 32.2. The molecule has 0 aliphatic carbocycles. The Balaban J connectivity index is 1.39. The molecule has 1 aromatic rings. The Kier molecular flexibility index (Phi) is 8.03. The van der Waals surface area contributed by atoms with Gasteiger partial charge in [-0.15, -0.1) is 0 Å². The molecule has 0 saturated carbocycles. The van der Waals surface area contributed by atoms with Crippen LogP contribution in [-0.4, -0.2) is 34.8 Å². The number of hydrogen-bond donors (Lipinski definition) is 1. The van der Waals surface area contributed by atoms with Gasteiger partial charge < -0.3 is 9.84 Å². The average Bonchev–Trinajstić information content (AvgIpc) is 3.27. The fraction of sp³-hybridized carbons (Fsp3) is 0.522. The highest BCUT2D eigenvalue weighted by Crippen LogP contribution is 2.46. The number of benzene rings is 1. The van der Waals surface area contributed by atoms with Gasteiger partial charge in [-0.2, -0.15) is 11.8 Å². The van der Waals surface area contributed by atoms with Crippen LogP contribution in [0.2, 0.25) is 0 Å². The molecule has 27 heavy (non-hydrogen) atoms. The van der Waals surface area contributed by atoms with Crippen molar-refractivity contribution in [2.24, 2.45) is 11.8 Å². The molecule has 2 heterocycles. The molecular formula is C23H30O3S. The van der Waals surface area contributed by atoms with Gasteiger partial charge in [0.05, 0.1) is 12.2 Å². The summed E-state index contributed by atoms with van der Waals surface area (Å²) in [6.07, 6.45) is 15.1. The lowest BCUT2D eigenvalue weighted by Gasteiger charge is -2.26. The van der Waals surface area contributed by atoms with E-state index in [1.807, 2.05) is 17.8 Å². The minimum atomic E-state index is -0.705. The molecule has 2 aliphatic heterocycles. The van der Waals surface area contributed by atoms with E-state index in [4.69, 9.17) is 9.84 Å². The van der Waals surface area contributed by atoms with Crippen LogP contribution in [-0.2, 0) is 9.53 Å². The summed E-state index contributed by atoms with van der Waals surface area (Å²) in [5, 5.41) is 8.69. The summed E-state index contributed by atoms with van der Waals surface area (Å²) < 4.78 is 6.19. The number of thioether (sulfide) groups is 1. The topological polar surface area (TPSA) is 46.5 Å². The summed E-state index contributed by atoms with van der Waals surface area (Å²) in [7, 11) is 0. The SMILES string of the molecule is O=C(O)CCC/C=C\CC1C2CCC(O2)C1CSC/C=C/c1ccccc1. The quantitative estimate of drug-likeness (QED) is 0.407. The summed E-state index contributed by atoms with van der Waals surface area (Å²) in [6, 6.07) is 10.4. The Morgan fingerprint density at radius 3 is 2.67 bits per heavy atom. The summed E-state index contributed by atoms with van der Waals surface area (Å²) in [5.41, 5.74) is 1.26. The van der Waals surface area contributed by atoms with E-state index in [2.05, 4.69) is 48.6 Å². The zero-order valence-electron chi connectivity index (χ0n) is 15.8. The molecule has 3 nitrogen and oxygen atoms in total. The van der Waals surface area contributed by atoms with E-state index in [1.165, 1.54) is 18.4 Å². The standard InChI is InChI=1S/C23H30O3S/c24-23(25)13-7-2-1-6-12-19-20(22-15-14-21(19)26-22)17-27-16-8-11-18-9-4-3-5-10-18/h1,3-6,8-11,19-22H,2,7,12-17H2,(H,24,25)/b6-1-,11-8+. The van der Waals surface area contributed by atoms with Gasteiger partial charge in [-0.05, 0) is 55.3 Å². The fourth-order valence-corrected chi connectivity index (χ4v) is 5.29. The Morgan fingerprint density at radius 2 is 1.89 bits per heavy atom. The molecule has 0 aromatic heterocycles. The van der Waals surface area contributed by atoms with Crippen molar-refractivity contribution >= 4 is 23.8 Å². The van der Waals surface area contributed by atoms with Gasteiger partial charge in [0.1, 0.15) is 0 Å². The van der Waals surface area contributed by atoms with Crippen LogP contribution in [0, 0.1) is 11.8 Å². The van der Waals surface area contributed by atoms with Crippen LogP contribution in [0.3, 0.4) is 0 Å². The highest BCUT2D eigenvalue weighted by Gasteiger charge is 2.47. The summed E-state index contributed by atoms with van der Waals surface area (Å²) in [6.45, 7) is 0. The maximum atomic E-state index is 10.6. The van der Waals surface area contributed by atoms with E-state index in [-0.39, 0.29) is 6.42 Å². The first-order chi connectivity index (χ1) is 13.2. The number of unbranched alkanes of at least 4 members (excludes halogenated alkanes) is 1. The maximum Gasteiger partial charge on any atom is 0.303 e. The van der Waals surface area contributed by atoms with E-state index >= 15 is 0 Å². The molecular weight excluding hydrogens is 356 g/mol. The van der Waals surface area contributed by atoms with Crippen molar-refractivity contribution in [1.29, 1.82) is 0 Å². The minimum absolute atomic E-state index is 0.261. The van der Waals surface area contributed by atoms with Gasteiger partial charge >= 0.3 is 5.97 Å². The second-order valence-electron chi connectivity index (χ2n) is 7.46. The van der Waals surface area contributed by atoms with Crippen LogP contribution in [0.1, 0.15) is 44.1 Å². The zero-order valence-corrected chi connectivity index (χ0v) is 16.7. The normalized spacial score (nSPS) is 27.1. The molecule has 1 N–H and O–H groups in total. The molecule has 4 atom stereocenters. The minimum Gasteiger partial charge on any atom is -0.481 e. The number of hydrogen-bond acceptors (Lipinski definition) is 3. The number of fused-ring (bicyclic) bond motifs is 2. The van der Waals surface area contributed by atoms with Gasteiger partial charge in [0.15, 0.2) is 0 Å². The first-order valence-electron chi connectivity index (χ1n) is 10.1. The summed E-state index contributed by atoms with van der Waals surface area (Å²) in [5.74, 6) is 2.79. The number of aliphatic carboxylic acids is 1. The lowest BCUT2D eigenvalue weighted by atomic mass is 9.78. The van der Waals surface area contributed by atoms with E-state index in [0.29, 0.717) is 24.0 Å². The maximum absolute atomic E-state index is 10.6. The van der Waals surface area contributed by atoms with Crippen LogP contribution >= 0.6 is 11.8 Å². The Bertz CT molecular complexity index is 640. The Hall–Kier alpha value is -1.52. The van der Waals surface area contributed by atoms with Gasteiger partial charge in [0.2, 0.25) is 0 Å². The molecule has 2 bridgehead atoms. The van der Waals surface area contributed by atoms with Gasteiger partial charge in [-0.25, -0.2) is 0 Å². The molecule has 3 rings (SSSR count). The zero-order chi connectivity index (χ0) is 18.9. The fourth-order valence-electron chi connectivity index (χ4n) is 4.19. The molecule has 0 amide bonds. The molecule has 146 valence electrons. The Labute approximate surface area is 166 Å². The van der Waals surface area contributed by atoms with Crippen molar-refractivity contribution in [3.63, 3.8) is 0 Å². The molecule has 0 radical (unpaired) electrons. The van der Waals surface area contributed by atoms with Crippen LogP contribution in [0.15, 0.2) is 48.6 Å². The third-order valence-electron chi connectivity index (χ3n) is 5.56. The van der Waals surface area contributed by atoms with Crippen molar-refractivity contribution in [2.75, 3.05) is 11.5 Å². The third-order valence-corrected chi connectivity index (χ3v) is 6.61. The summed E-state index contributed by atoms with van der Waals surface area (Å²) >= 11 is 2.01. The highest BCUT2D eigenvalue weighted by molar-refractivity contribution is 7.99. The van der Waals surface area contributed by atoms with Crippen LogP contribution in [0.4, 0.5) is 0 Å². The van der Waals surface area contributed by atoms with Crippen molar-refractivity contribution in [3.05, 3.63) is 54.1 Å². The number of rotatable bonds is 11. The number of carboxylic acid groups (broad SMARTS) is 1. The number of carboxylic acids is 1. The van der Waals surface area contributed by atoms with Gasteiger partial charge in [-0.3, -0.25) is 4.79 Å². The van der Waals surface area contributed by atoms with Crippen LogP contribution < -0.4 is 0 Å². The number of carbonyl (C=O) groups is 1. The lowest BCUT2D eigenvalue weighted by molar-refractivity contribution is -0.137. The molecule has 2 aliphatic rings. The molecule has 2 fully saturated rings. The lowest BCUT2D eigenvalue weighted by Crippen LogP contribution is -2.28. The van der Waals surface area contributed by atoms with Crippen LogP contribution in [0.5, 0.6) is 0 Å². The smallest absolute Gasteiger partial charge is 0.303 e. The first kappa shape index (κ1) is 20.2. The molecule has 4 heteroatoms. The van der Waals surface area contributed by atoms with Crippen molar-refractivity contribution in [3.8, 4) is 0 Å². The Morgan fingerprint density at radius 1 is 1.11 bits per heavy atom.